The standard InChI is InChI=1S/C11H16N4O2/c1-8(16)13-6-11(17)14-9-2-3-10-12-4-5-15(10)7-9/h4-5,9H,2-3,6-7H2,1H3,(H,13,16)(H,14,17)/t9-/m1/s1. The van der Waals surface area contributed by atoms with Crippen LogP contribution >= 0.6 is 0 Å². The van der Waals surface area contributed by atoms with Crippen molar-refractivity contribution >= 4 is 11.8 Å². The number of imidazole rings is 1. The molecule has 2 rings (SSSR count). The fourth-order valence-corrected chi connectivity index (χ4v) is 1.97. The number of carbonyl (C=O) groups is 2. The second kappa shape index (κ2) is 4.99. The molecule has 2 heterocycles. The highest BCUT2D eigenvalue weighted by Crippen LogP contribution is 2.12. The van der Waals surface area contributed by atoms with Crippen molar-refractivity contribution in [2.24, 2.45) is 0 Å². The number of aryl methyl sites for hydroxylation is 1. The number of fused-ring (bicyclic) bond motifs is 1. The molecule has 1 aromatic heterocycles. The van der Waals surface area contributed by atoms with Crippen molar-refractivity contribution in [1.29, 1.82) is 0 Å². The van der Waals surface area contributed by atoms with Crippen LogP contribution in [0.2, 0.25) is 0 Å². The minimum Gasteiger partial charge on any atom is -0.350 e. The number of carbonyl (C=O) groups excluding carboxylic acids is 2. The summed E-state index contributed by atoms with van der Waals surface area (Å²) in [6, 6.07) is 0.123. The average molecular weight is 236 g/mol. The molecule has 0 fully saturated rings. The van der Waals surface area contributed by atoms with Gasteiger partial charge in [-0.2, -0.15) is 0 Å². The normalized spacial score (nSPS) is 18.3. The maximum atomic E-state index is 11.5. The first-order valence-corrected chi connectivity index (χ1v) is 5.69. The Hall–Kier alpha value is -1.85. The average Bonchev–Trinajstić information content (AvgIpc) is 2.73. The monoisotopic (exact) mass is 236 g/mol. The quantitative estimate of drug-likeness (QED) is 0.739. The summed E-state index contributed by atoms with van der Waals surface area (Å²) in [4.78, 5) is 26.4. The van der Waals surface area contributed by atoms with Crippen LogP contribution in [0.4, 0.5) is 0 Å². The van der Waals surface area contributed by atoms with Gasteiger partial charge in [-0.05, 0) is 6.42 Å². The maximum Gasteiger partial charge on any atom is 0.239 e. The number of amides is 2. The molecular formula is C11H16N4O2. The van der Waals surface area contributed by atoms with E-state index in [0.29, 0.717) is 0 Å². The molecule has 17 heavy (non-hydrogen) atoms. The van der Waals surface area contributed by atoms with Crippen LogP contribution in [0.3, 0.4) is 0 Å². The molecule has 6 heteroatoms. The molecule has 0 spiro atoms. The highest BCUT2D eigenvalue weighted by Gasteiger charge is 2.19. The Bertz CT molecular complexity index is 427. The van der Waals surface area contributed by atoms with E-state index in [1.165, 1.54) is 6.92 Å². The topological polar surface area (TPSA) is 76.0 Å². The Morgan fingerprint density at radius 2 is 2.41 bits per heavy atom. The summed E-state index contributed by atoms with van der Waals surface area (Å²) in [7, 11) is 0. The molecule has 2 amide bonds. The second-order valence-electron chi connectivity index (χ2n) is 4.21. The van der Waals surface area contributed by atoms with Crippen LogP contribution in [0.1, 0.15) is 19.2 Å². The van der Waals surface area contributed by atoms with Gasteiger partial charge in [0.05, 0.1) is 6.54 Å². The van der Waals surface area contributed by atoms with Crippen LogP contribution in [-0.4, -0.2) is 34.0 Å². The molecule has 6 nitrogen and oxygen atoms in total. The van der Waals surface area contributed by atoms with Gasteiger partial charge in [-0.25, -0.2) is 4.98 Å². The van der Waals surface area contributed by atoms with Gasteiger partial charge in [0.1, 0.15) is 5.82 Å². The lowest BCUT2D eigenvalue weighted by molar-refractivity contribution is -0.125. The summed E-state index contributed by atoms with van der Waals surface area (Å²) in [5.41, 5.74) is 0. The second-order valence-corrected chi connectivity index (χ2v) is 4.21. The van der Waals surface area contributed by atoms with E-state index < -0.39 is 0 Å². The number of hydrogen-bond acceptors (Lipinski definition) is 3. The summed E-state index contributed by atoms with van der Waals surface area (Å²) in [6.07, 6.45) is 5.46. The van der Waals surface area contributed by atoms with Crippen LogP contribution in [0, 0.1) is 0 Å². The molecule has 0 saturated carbocycles. The van der Waals surface area contributed by atoms with Crippen molar-refractivity contribution < 1.29 is 9.59 Å². The Labute approximate surface area is 99.4 Å². The van der Waals surface area contributed by atoms with E-state index in [2.05, 4.69) is 15.6 Å². The SMILES string of the molecule is CC(=O)NCC(=O)N[C@@H]1CCc2nccn2C1. The van der Waals surface area contributed by atoms with Gasteiger partial charge < -0.3 is 15.2 Å². The minimum atomic E-state index is -0.194. The van der Waals surface area contributed by atoms with E-state index in [-0.39, 0.29) is 24.4 Å². The van der Waals surface area contributed by atoms with Gasteiger partial charge in [0, 0.05) is 38.3 Å². The summed E-state index contributed by atoms with van der Waals surface area (Å²) in [5, 5.41) is 5.38. The third-order valence-corrected chi connectivity index (χ3v) is 2.80. The lowest BCUT2D eigenvalue weighted by atomic mass is 10.1. The summed E-state index contributed by atoms with van der Waals surface area (Å²) >= 11 is 0. The molecule has 0 aromatic carbocycles. The highest BCUT2D eigenvalue weighted by molar-refractivity contribution is 5.83. The number of nitrogens with zero attached hydrogens (tertiary/aromatic N) is 2. The van der Waals surface area contributed by atoms with Crippen molar-refractivity contribution in [1.82, 2.24) is 20.2 Å². The largest absolute Gasteiger partial charge is 0.350 e. The van der Waals surface area contributed by atoms with E-state index in [1.54, 1.807) is 6.20 Å². The van der Waals surface area contributed by atoms with Crippen molar-refractivity contribution in [2.75, 3.05) is 6.54 Å². The summed E-state index contributed by atoms with van der Waals surface area (Å²) in [6.45, 7) is 2.19. The van der Waals surface area contributed by atoms with Crippen molar-refractivity contribution in [3.63, 3.8) is 0 Å². The fraction of sp³-hybridized carbons (Fsp3) is 0.545. The van der Waals surface area contributed by atoms with E-state index >= 15 is 0 Å². The van der Waals surface area contributed by atoms with Gasteiger partial charge in [0.15, 0.2) is 0 Å². The molecule has 1 aliphatic heterocycles. The first-order chi connectivity index (χ1) is 8.15. The molecule has 1 aliphatic rings. The van der Waals surface area contributed by atoms with Crippen molar-refractivity contribution in [2.45, 2.75) is 32.4 Å². The highest BCUT2D eigenvalue weighted by atomic mass is 16.2. The molecule has 1 atom stereocenters. The first-order valence-electron chi connectivity index (χ1n) is 5.69. The lowest BCUT2D eigenvalue weighted by Gasteiger charge is -2.24. The predicted molar refractivity (Wildman–Crippen MR) is 61.2 cm³/mol. The van der Waals surface area contributed by atoms with Gasteiger partial charge in [0.2, 0.25) is 11.8 Å². The van der Waals surface area contributed by atoms with Gasteiger partial charge >= 0.3 is 0 Å². The maximum absolute atomic E-state index is 11.5. The van der Waals surface area contributed by atoms with E-state index in [0.717, 1.165) is 25.2 Å². The molecule has 0 saturated heterocycles. The van der Waals surface area contributed by atoms with E-state index in [9.17, 15) is 9.59 Å². The zero-order chi connectivity index (χ0) is 12.3. The van der Waals surface area contributed by atoms with E-state index in [1.807, 2.05) is 10.8 Å². The van der Waals surface area contributed by atoms with Crippen LogP contribution in [0.25, 0.3) is 0 Å². The molecule has 0 radical (unpaired) electrons. The Balaban J connectivity index is 1.81. The van der Waals surface area contributed by atoms with Gasteiger partial charge in [-0.15, -0.1) is 0 Å². The Morgan fingerprint density at radius 3 is 3.18 bits per heavy atom. The number of hydrogen-bond donors (Lipinski definition) is 2. The van der Waals surface area contributed by atoms with Crippen LogP contribution in [0.5, 0.6) is 0 Å². The van der Waals surface area contributed by atoms with Gasteiger partial charge in [0.25, 0.3) is 0 Å². The predicted octanol–water partition coefficient (Wildman–Crippen LogP) is -0.550. The Kier molecular flexibility index (Phi) is 3.41. The summed E-state index contributed by atoms with van der Waals surface area (Å²) in [5.74, 6) is 0.729. The van der Waals surface area contributed by atoms with Gasteiger partial charge in [-0.1, -0.05) is 0 Å². The first kappa shape index (κ1) is 11.6. The zero-order valence-corrected chi connectivity index (χ0v) is 9.77. The molecular weight excluding hydrogens is 220 g/mol. The van der Waals surface area contributed by atoms with E-state index in [4.69, 9.17) is 0 Å². The molecule has 0 unspecified atom stereocenters. The fourth-order valence-electron chi connectivity index (χ4n) is 1.97. The van der Waals surface area contributed by atoms with Crippen LogP contribution in [0.15, 0.2) is 12.4 Å². The smallest absolute Gasteiger partial charge is 0.239 e. The molecule has 92 valence electrons. The molecule has 2 N–H and O–H groups in total. The number of rotatable bonds is 3. The Morgan fingerprint density at radius 1 is 1.59 bits per heavy atom. The summed E-state index contributed by atoms with van der Waals surface area (Å²) < 4.78 is 2.05. The third kappa shape index (κ3) is 3.05. The minimum absolute atomic E-state index is 0.0443. The zero-order valence-electron chi connectivity index (χ0n) is 9.77. The van der Waals surface area contributed by atoms with Crippen molar-refractivity contribution in [3.8, 4) is 0 Å². The van der Waals surface area contributed by atoms with Crippen LogP contribution < -0.4 is 10.6 Å². The van der Waals surface area contributed by atoms with Crippen LogP contribution in [-0.2, 0) is 22.6 Å². The number of nitrogens with one attached hydrogen (secondary N) is 2. The van der Waals surface area contributed by atoms with Gasteiger partial charge in [-0.3, -0.25) is 9.59 Å². The molecule has 0 aliphatic carbocycles. The molecule has 1 aromatic rings. The third-order valence-electron chi connectivity index (χ3n) is 2.80. The molecule has 0 bridgehead atoms. The lowest BCUT2D eigenvalue weighted by Crippen LogP contribution is -2.45. The number of aromatic nitrogens is 2. The van der Waals surface area contributed by atoms with Crippen molar-refractivity contribution in [3.05, 3.63) is 18.2 Å².